The number of nitrogens with zero attached hydrogens (tertiary/aromatic N) is 1. The fraction of sp³-hybridized carbons (Fsp3) is 0.500. The molecule has 0 bridgehead atoms. The van der Waals surface area contributed by atoms with Gasteiger partial charge in [-0.25, -0.2) is 13.4 Å². The first-order valence-electron chi connectivity index (χ1n) is 10.9. The first kappa shape index (κ1) is 21.3. The second kappa shape index (κ2) is 8.33. The second-order valence-electron chi connectivity index (χ2n) is 9.00. The summed E-state index contributed by atoms with van der Waals surface area (Å²) in [5, 5.41) is 1.50. The van der Waals surface area contributed by atoms with Crippen molar-refractivity contribution in [2.45, 2.75) is 68.7 Å². The molecule has 0 amide bonds. The van der Waals surface area contributed by atoms with Crippen molar-refractivity contribution in [3.63, 3.8) is 0 Å². The van der Waals surface area contributed by atoms with Crippen LogP contribution in [-0.4, -0.2) is 31.3 Å². The van der Waals surface area contributed by atoms with E-state index in [0.717, 1.165) is 49.1 Å². The Morgan fingerprint density at radius 2 is 1.93 bits per heavy atom. The monoisotopic (exact) mass is 428 g/mol. The molecule has 0 saturated carbocycles. The van der Waals surface area contributed by atoms with E-state index in [9.17, 15) is 8.42 Å². The van der Waals surface area contributed by atoms with Crippen molar-refractivity contribution in [3.05, 3.63) is 59.2 Å². The van der Waals surface area contributed by atoms with Crippen LogP contribution in [0.25, 0.3) is 0 Å². The maximum Gasteiger partial charge on any atom is 0.180 e. The summed E-state index contributed by atoms with van der Waals surface area (Å²) in [6.45, 7) is 6.37. The van der Waals surface area contributed by atoms with Gasteiger partial charge in [0.1, 0.15) is 11.9 Å². The van der Waals surface area contributed by atoms with Crippen LogP contribution in [0, 0.1) is 5.92 Å². The molecule has 0 aromatic heterocycles. The SMILES string of the molecule is CC(C)S(=O)(=O)c1cc(C[C@@H]2CCCN(N)C2c2ccccc2)c2c(c1)C[C@H](C)O2. The summed E-state index contributed by atoms with van der Waals surface area (Å²) in [4.78, 5) is 0.417. The Kier molecular flexibility index (Phi) is 5.93. The molecule has 6 heteroatoms. The third-order valence-electron chi connectivity index (χ3n) is 6.41. The Morgan fingerprint density at radius 3 is 2.63 bits per heavy atom. The average molecular weight is 429 g/mol. The zero-order chi connectivity index (χ0) is 21.5. The number of sulfone groups is 1. The lowest BCUT2D eigenvalue weighted by Crippen LogP contribution is -2.44. The fourth-order valence-electron chi connectivity index (χ4n) is 4.88. The standard InChI is InChI=1S/C24H32N2O3S/c1-16(2)30(27,28)22-14-20-12-17(3)29-24(20)21(15-22)13-19-10-7-11-26(25)23(19)18-8-5-4-6-9-18/h4-6,8-9,14-17,19,23H,7,10-13,25H2,1-3H3/t17-,19-,23?/m0/s1. The molecule has 5 nitrogen and oxygen atoms in total. The Labute approximate surface area is 180 Å². The molecule has 162 valence electrons. The van der Waals surface area contributed by atoms with Crippen LogP contribution in [0.4, 0.5) is 0 Å². The number of hydrazine groups is 1. The van der Waals surface area contributed by atoms with E-state index >= 15 is 0 Å². The number of nitrogens with two attached hydrogens (primary N) is 1. The Balaban J connectivity index is 1.74. The van der Waals surface area contributed by atoms with E-state index in [1.54, 1.807) is 13.8 Å². The molecule has 0 radical (unpaired) electrons. The smallest absolute Gasteiger partial charge is 0.180 e. The van der Waals surface area contributed by atoms with Gasteiger partial charge in [0, 0.05) is 13.0 Å². The van der Waals surface area contributed by atoms with Crippen LogP contribution < -0.4 is 10.6 Å². The Hall–Kier alpha value is -1.89. The molecule has 4 rings (SSSR count). The highest BCUT2D eigenvalue weighted by Crippen LogP contribution is 2.41. The molecule has 0 spiro atoms. The number of hydrogen-bond donors (Lipinski definition) is 1. The lowest BCUT2D eigenvalue weighted by molar-refractivity contribution is 0.0920. The van der Waals surface area contributed by atoms with Gasteiger partial charge in [0.25, 0.3) is 0 Å². The van der Waals surface area contributed by atoms with E-state index in [-0.39, 0.29) is 12.1 Å². The topological polar surface area (TPSA) is 72.6 Å². The largest absolute Gasteiger partial charge is 0.490 e. The third-order valence-corrected chi connectivity index (χ3v) is 8.54. The Morgan fingerprint density at radius 1 is 1.20 bits per heavy atom. The van der Waals surface area contributed by atoms with E-state index in [2.05, 4.69) is 12.1 Å². The first-order chi connectivity index (χ1) is 14.3. The molecule has 2 aliphatic rings. The van der Waals surface area contributed by atoms with Gasteiger partial charge in [-0.05, 0) is 74.8 Å². The number of rotatable bonds is 5. The van der Waals surface area contributed by atoms with Crippen LogP contribution in [0.5, 0.6) is 5.75 Å². The van der Waals surface area contributed by atoms with Crippen LogP contribution in [0.1, 0.15) is 56.3 Å². The molecular weight excluding hydrogens is 396 g/mol. The van der Waals surface area contributed by atoms with Gasteiger partial charge in [0.15, 0.2) is 9.84 Å². The average Bonchev–Trinajstić information content (AvgIpc) is 3.09. The summed E-state index contributed by atoms with van der Waals surface area (Å²) in [6.07, 6.45) is 3.66. The molecule has 2 aromatic carbocycles. The zero-order valence-electron chi connectivity index (χ0n) is 18.0. The molecule has 2 aromatic rings. The molecule has 2 aliphatic heterocycles. The van der Waals surface area contributed by atoms with Gasteiger partial charge in [-0.1, -0.05) is 30.3 Å². The highest BCUT2D eigenvalue weighted by atomic mass is 32.2. The number of hydrogen-bond acceptors (Lipinski definition) is 5. The summed E-state index contributed by atoms with van der Waals surface area (Å²) < 4.78 is 32.0. The molecule has 2 heterocycles. The van der Waals surface area contributed by atoms with E-state index in [0.29, 0.717) is 10.8 Å². The number of piperidine rings is 1. The fourth-order valence-corrected chi connectivity index (χ4v) is 6.04. The molecule has 1 unspecified atom stereocenters. The van der Waals surface area contributed by atoms with Gasteiger partial charge in [0.2, 0.25) is 0 Å². The lowest BCUT2D eigenvalue weighted by atomic mass is 9.81. The minimum Gasteiger partial charge on any atom is -0.490 e. The van der Waals surface area contributed by atoms with E-state index in [1.807, 2.05) is 42.3 Å². The van der Waals surface area contributed by atoms with E-state index < -0.39 is 15.1 Å². The maximum atomic E-state index is 12.9. The van der Waals surface area contributed by atoms with Crippen LogP contribution in [0.3, 0.4) is 0 Å². The van der Waals surface area contributed by atoms with Gasteiger partial charge in [-0.3, -0.25) is 5.84 Å². The van der Waals surface area contributed by atoms with Gasteiger partial charge in [-0.15, -0.1) is 0 Å². The van der Waals surface area contributed by atoms with E-state index in [4.69, 9.17) is 10.6 Å². The summed E-state index contributed by atoms with van der Waals surface area (Å²) in [7, 11) is -3.35. The van der Waals surface area contributed by atoms with Crippen molar-refractivity contribution in [1.82, 2.24) is 5.01 Å². The molecule has 3 atom stereocenters. The zero-order valence-corrected chi connectivity index (χ0v) is 18.9. The predicted octanol–water partition coefficient (Wildman–Crippen LogP) is 4.06. The molecule has 30 heavy (non-hydrogen) atoms. The summed E-state index contributed by atoms with van der Waals surface area (Å²) in [5.41, 5.74) is 3.22. The quantitative estimate of drug-likeness (QED) is 0.727. The van der Waals surface area contributed by atoms with E-state index in [1.165, 1.54) is 5.56 Å². The van der Waals surface area contributed by atoms with Gasteiger partial charge in [0.05, 0.1) is 16.2 Å². The maximum absolute atomic E-state index is 12.9. The van der Waals surface area contributed by atoms with Crippen LogP contribution in [0.15, 0.2) is 47.4 Å². The lowest BCUT2D eigenvalue weighted by Gasteiger charge is -2.39. The molecule has 0 aliphatic carbocycles. The van der Waals surface area contributed by atoms with Crippen molar-refractivity contribution in [3.8, 4) is 5.75 Å². The summed E-state index contributed by atoms with van der Waals surface area (Å²) in [6, 6.07) is 14.2. The highest BCUT2D eigenvalue weighted by Gasteiger charge is 2.34. The van der Waals surface area contributed by atoms with Crippen molar-refractivity contribution in [2.24, 2.45) is 11.8 Å². The van der Waals surface area contributed by atoms with Gasteiger partial charge in [-0.2, -0.15) is 0 Å². The third kappa shape index (κ3) is 4.01. The van der Waals surface area contributed by atoms with Crippen molar-refractivity contribution < 1.29 is 13.2 Å². The second-order valence-corrected chi connectivity index (χ2v) is 11.5. The highest BCUT2D eigenvalue weighted by molar-refractivity contribution is 7.92. The predicted molar refractivity (Wildman–Crippen MR) is 119 cm³/mol. The number of benzene rings is 2. The first-order valence-corrected chi connectivity index (χ1v) is 12.4. The molecule has 2 N–H and O–H groups in total. The molecular formula is C24H32N2O3S. The minimum atomic E-state index is -3.35. The molecule has 1 saturated heterocycles. The van der Waals surface area contributed by atoms with Crippen molar-refractivity contribution >= 4 is 9.84 Å². The van der Waals surface area contributed by atoms with Crippen LogP contribution in [-0.2, 0) is 22.7 Å². The Bertz CT molecular complexity index is 1000. The number of fused-ring (bicyclic) bond motifs is 1. The number of ether oxygens (including phenoxy) is 1. The van der Waals surface area contributed by atoms with Crippen LogP contribution >= 0.6 is 0 Å². The molecule has 1 fully saturated rings. The minimum absolute atomic E-state index is 0.0676. The normalized spacial score (nSPS) is 24.6. The van der Waals surface area contributed by atoms with Gasteiger partial charge < -0.3 is 4.74 Å². The van der Waals surface area contributed by atoms with Crippen molar-refractivity contribution in [2.75, 3.05) is 6.54 Å². The summed E-state index contributed by atoms with van der Waals surface area (Å²) in [5.74, 6) is 7.61. The van der Waals surface area contributed by atoms with Crippen LogP contribution in [0.2, 0.25) is 0 Å². The summed E-state index contributed by atoms with van der Waals surface area (Å²) >= 11 is 0. The van der Waals surface area contributed by atoms with Gasteiger partial charge >= 0.3 is 0 Å². The van der Waals surface area contributed by atoms with Crippen molar-refractivity contribution in [1.29, 1.82) is 0 Å².